The Balaban J connectivity index is 1.49. The molecule has 4 rings (SSSR count). The number of anilines is 1. The van der Waals surface area contributed by atoms with Crippen molar-refractivity contribution >= 4 is 17.0 Å². The minimum atomic E-state index is 0.884. The maximum absolute atomic E-state index is 6.00. The third kappa shape index (κ3) is 3.54. The molecular weight excluding hydrogens is 336 g/mol. The summed E-state index contributed by atoms with van der Waals surface area (Å²) >= 11 is 1.78. The zero-order valence-corrected chi connectivity index (χ0v) is 16.5. The standard InChI is InChI=1S/C23H26N2S/c1-15-12-21(24)16(2)11-18(15)9-10-23-25-22(14-26-23)20-8-7-17-5-3-4-6-19(17)13-20/h7-8,11-14H,3-6,9-10,24H2,1-2H3. The second kappa shape index (κ2) is 7.24. The van der Waals surface area contributed by atoms with Gasteiger partial charge in [0.25, 0.3) is 0 Å². The van der Waals surface area contributed by atoms with Crippen LogP contribution in [0.4, 0.5) is 5.69 Å². The van der Waals surface area contributed by atoms with Crippen molar-refractivity contribution in [3.63, 3.8) is 0 Å². The van der Waals surface area contributed by atoms with Crippen LogP contribution in [0, 0.1) is 13.8 Å². The van der Waals surface area contributed by atoms with E-state index in [4.69, 9.17) is 10.7 Å². The quantitative estimate of drug-likeness (QED) is 0.607. The molecule has 2 nitrogen and oxygen atoms in total. The van der Waals surface area contributed by atoms with Crippen LogP contribution >= 0.6 is 11.3 Å². The van der Waals surface area contributed by atoms with Crippen LogP contribution in [0.25, 0.3) is 11.3 Å². The van der Waals surface area contributed by atoms with Crippen LogP contribution in [0.2, 0.25) is 0 Å². The molecule has 134 valence electrons. The van der Waals surface area contributed by atoms with Gasteiger partial charge < -0.3 is 5.73 Å². The molecule has 0 fully saturated rings. The van der Waals surface area contributed by atoms with Gasteiger partial charge in [-0.15, -0.1) is 11.3 Å². The summed E-state index contributed by atoms with van der Waals surface area (Å²) in [6.45, 7) is 4.22. The van der Waals surface area contributed by atoms with Crippen LogP contribution in [0.15, 0.2) is 35.7 Å². The summed E-state index contributed by atoms with van der Waals surface area (Å²) in [6, 6.07) is 11.2. The van der Waals surface area contributed by atoms with Gasteiger partial charge in [0.15, 0.2) is 0 Å². The number of nitrogens with zero attached hydrogens (tertiary/aromatic N) is 1. The minimum absolute atomic E-state index is 0.884. The van der Waals surface area contributed by atoms with E-state index in [-0.39, 0.29) is 0 Å². The largest absolute Gasteiger partial charge is 0.399 e. The van der Waals surface area contributed by atoms with E-state index >= 15 is 0 Å². The van der Waals surface area contributed by atoms with E-state index < -0.39 is 0 Å². The van der Waals surface area contributed by atoms with Gasteiger partial charge in [0.05, 0.1) is 10.7 Å². The molecule has 1 aliphatic carbocycles. The Labute approximate surface area is 160 Å². The van der Waals surface area contributed by atoms with Crippen molar-refractivity contribution < 1.29 is 0 Å². The molecule has 1 aromatic heterocycles. The van der Waals surface area contributed by atoms with Crippen molar-refractivity contribution in [2.24, 2.45) is 0 Å². The van der Waals surface area contributed by atoms with E-state index in [1.54, 1.807) is 11.3 Å². The molecule has 0 unspecified atom stereocenters. The predicted octanol–water partition coefficient (Wildman–Crippen LogP) is 5.67. The maximum atomic E-state index is 6.00. The zero-order valence-electron chi connectivity index (χ0n) is 15.6. The highest BCUT2D eigenvalue weighted by Gasteiger charge is 2.12. The van der Waals surface area contributed by atoms with Crippen LogP contribution < -0.4 is 5.73 Å². The van der Waals surface area contributed by atoms with Crippen LogP contribution in [0.3, 0.4) is 0 Å². The van der Waals surface area contributed by atoms with Crippen LogP contribution in [-0.4, -0.2) is 4.98 Å². The fraction of sp³-hybridized carbons (Fsp3) is 0.348. The van der Waals surface area contributed by atoms with Gasteiger partial charge in [-0.05, 0) is 85.9 Å². The number of thiazole rings is 1. The lowest BCUT2D eigenvalue weighted by Gasteiger charge is -2.16. The van der Waals surface area contributed by atoms with Gasteiger partial charge >= 0.3 is 0 Å². The van der Waals surface area contributed by atoms with Gasteiger partial charge in [-0.3, -0.25) is 0 Å². The van der Waals surface area contributed by atoms with Crippen LogP contribution in [-0.2, 0) is 25.7 Å². The highest BCUT2D eigenvalue weighted by Crippen LogP contribution is 2.29. The second-order valence-electron chi connectivity index (χ2n) is 7.45. The number of benzene rings is 2. The topological polar surface area (TPSA) is 38.9 Å². The van der Waals surface area contributed by atoms with E-state index in [2.05, 4.69) is 49.6 Å². The van der Waals surface area contributed by atoms with Gasteiger partial charge in [0.1, 0.15) is 0 Å². The molecule has 3 heteroatoms. The summed E-state index contributed by atoms with van der Waals surface area (Å²) in [5.41, 5.74) is 16.2. The molecule has 0 bridgehead atoms. The highest BCUT2D eigenvalue weighted by atomic mass is 32.1. The van der Waals surface area contributed by atoms with Crippen molar-refractivity contribution in [1.29, 1.82) is 0 Å². The fourth-order valence-electron chi connectivity index (χ4n) is 3.86. The lowest BCUT2D eigenvalue weighted by Crippen LogP contribution is -2.02. The number of rotatable bonds is 4. The normalized spacial score (nSPS) is 13.6. The number of hydrogen-bond donors (Lipinski definition) is 1. The third-order valence-corrected chi connectivity index (χ3v) is 6.44. The van der Waals surface area contributed by atoms with E-state index in [0.29, 0.717) is 0 Å². The number of nitrogens with two attached hydrogens (primary N) is 1. The van der Waals surface area contributed by atoms with Gasteiger partial charge in [-0.2, -0.15) is 0 Å². The summed E-state index contributed by atoms with van der Waals surface area (Å²) in [6.07, 6.45) is 7.11. The lowest BCUT2D eigenvalue weighted by atomic mass is 9.90. The molecule has 0 aliphatic heterocycles. The molecule has 26 heavy (non-hydrogen) atoms. The zero-order chi connectivity index (χ0) is 18.1. The molecule has 1 heterocycles. The van der Waals surface area contributed by atoms with Crippen LogP contribution in [0.1, 0.15) is 45.7 Å². The summed E-state index contributed by atoms with van der Waals surface area (Å²) < 4.78 is 0. The third-order valence-electron chi connectivity index (χ3n) is 5.53. The Morgan fingerprint density at radius 1 is 0.962 bits per heavy atom. The van der Waals surface area contributed by atoms with Crippen molar-refractivity contribution in [3.8, 4) is 11.3 Å². The number of aryl methyl sites for hydroxylation is 6. The SMILES string of the molecule is Cc1cc(CCc2nc(-c3ccc4c(c3)CCCC4)cs2)c(C)cc1N. The fourth-order valence-corrected chi connectivity index (χ4v) is 4.67. The lowest BCUT2D eigenvalue weighted by molar-refractivity contribution is 0.686. The maximum Gasteiger partial charge on any atom is 0.0935 e. The second-order valence-corrected chi connectivity index (χ2v) is 8.40. The molecule has 2 N–H and O–H groups in total. The van der Waals surface area contributed by atoms with Gasteiger partial charge in [0.2, 0.25) is 0 Å². The first-order valence-electron chi connectivity index (χ1n) is 9.52. The Morgan fingerprint density at radius 3 is 2.62 bits per heavy atom. The first kappa shape index (κ1) is 17.3. The first-order chi connectivity index (χ1) is 12.6. The van der Waals surface area contributed by atoms with E-state index in [1.165, 1.54) is 64.1 Å². The molecule has 0 saturated heterocycles. The van der Waals surface area contributed by atoms with E-state index in [0.717, 1.165) is 24.2 Å². The Bertz CT molecular complexity index is 939. The van der Waals surface area contributed by atoms with Crippen molar-refractivity contribution in [2.75, 3.05) is 5.73 Å². The summed E-state index contributed by atoms with van der Waals surface area (Å²) in [7, 11) is 0. The number of hydrogen-bond acceptors (Lipinski definition) is 3. The molecule has 0 saturated carbocycles. The molecule has 1 aliphatic rings. The van der Waals surface area contributed by atoms with Gasteiger partial charge in [-0.1, -0.05) is 18.2 Å². The number of fused-ring (bicyclic) bond motifs is 1. The molecule has 0 amide bonds. The molecule has 0 atom stereocenters. The molecular formula is C23H26N2S. The Hall–Kier alpha value is -2.13. The molecule has 0 radical (unpaired) electrons. The molecule has 2 aromatic carbocycles. The smallest absolute Gasteiger partial charge is 0.0935 e. The van der Waals surface area contributed by atoms with E-state index in [9.17, 15) is 0 Å². The average Bonchev–Trinajstić information content (AvgIpc) is 3.12. The van der Waals surface area contributed by atoms with Crippen LogP contribution in [0.5, 0.6) is 0 Å². The molecule has 0 spiro atoms. The minimum Gasteiger partial charge on any atom is -0.399 e. The first-order valence-corrected chi connectivity index (χ1v) is 10.4. The average molecular weight is 363 g/mol. The number of nitrogen functional groups attached to an aromatic ring is 1. The van der Waals surface area contributed by atoms with E-state index in [1.807, 2.05) is 0 Å². The Kier molecular flexibility index (Phi) is 4.82. The van der Waals surface area contributed by atoms with Crippen molar-refractivity contribution in [3.05, 3.63) is 68.5 Å². The highest BCUT2D eigenvalue weighted by molar-refractivity contribution is 7.09. The summed E-state index contributed by atoms with van der Waals surface area (Å²) in [4.78, 5) is 4.91. The summed E-state index contributed by atoms with van der Waals surface area (Å²) in [5, 5.41) is 3.42. The van der Waals surface area contributed by atoms with Crippen molar-refractivity contribution in [1.82, 2.24) is 4.98 Å². The molecule has 3 aromatic rings. The number of aromatic nitrogens is 1. The monoisotopic (exact) mass is 362 g/mol. The van der Waals surface area contributed by atoms with Crippen molar-refractivity contribution in [2.45, 2.75) is 52.4 Å². The predicted molar refractivity (Wildman–Crippen MR) is 112 cm³/mol. The van der Waals surface area contributed by atoms with Gasteiger partial charge in [-0.25, -0.2) is 4.98 Å². The Morgan fingerprint density at radius 2 is 1.77 bits per heavy atom. The summed E-state index contributed by atoms with van der Waals surface area (Å²) in [5.74, 6) is 0. The van der Waals surface area contributed by atoms with Gasteiger partial charge in [0, 0.05) is 23.1 Å².